The summed E-state index contributed by atoms with van der Waals surface area (Å²) in [5.74, 6) is 0.207. The SMILES string of the molecule is COCCNC(=O)[C@@H]1C[C@@H](O)CN1C1CCN(C(=O)CN2CCCCCC2)CC1. The van der Waals surface area contributed by atoms with Gasteiger partial charge in [0.15, 0.2) is 0 Å². The maximum Gasteiger partial charge on any atom is 0.237 e. The highest BCUT2D eigenvalue weighted by atomic mass is 16.5. The van der Waals surface area contributed by atoms with Crippen molar-refractivity contribution in [2.45, 2.75) is 63.1 Å². The van der Waals surface area contributed by atoms with E-state index in [2.05, 4.69) is 15.1 Å². The molecule has 0 bridgehead atoms. The summed E-state index contributed by atoms with van der Waals surface area (Å²) in [5.41, 5.74) is 0. The second-order valence-corrected chi connectivity index (χ2v) is 8.69. The molecular formula is C21H38N4O4. The van der Waals surface area contributed by atoms with Crippen molar-refractivity contribution >= 4 is 11.8 Å². The lowest BCUT2D eigenvalue weighted by Gasteiger charge is -2.39. The summed E-state index contributed by atoms with van der Waals surface area (Å²) in [4.78, 5) is 31.7. The molecule has 8 heteroatoms. The highest BCUT2D eigenvalue weighted by Crippen LogP contribution is 2.26. The Bertz CT molecular complexity index is 531. The van der Waals surface area contributed by atoms with Gasteiger partial charge in [0.2, 0.25) is 11.8 Å². The zero-order valence-corrected chi connectivity index (χ0v) is 17.9. The summed E-state index contributed by atoms with van der Waals surface area (Å²) in [6.45, 7) is 5.59. The number of likely N-dealkylation sites (tertiary alicyclic amines) is 3. The van der Waals surface area contributed by atoms with Crippen LogP contribution in [0, 0.1) is 0 Å². The third-order valence-corrected chi connectivity index (χ3v) is 6.57. The number of hydrogen-bond acceptors (Lipinski definition) is 6. The topological polar surface area (TPSA) is 85.4 Å². The van der Waals surface area contributed by atoms with Crippen LogP contribution in [0.15, 0.2) is 0 Å². The van der Waals surface area contributed by atoms with Crippen LogP contribution in [0.3, 0.4) is 0 Å². The van der Waals surface area contributed by atoms with Crippen molar-refractivity contribution in [1.29, 1.82) is 0 Å². The van der Waals surface area contributed by atoms with Crippen LogP contribution in [-0.2, 0) is 14.3 Å². The molecule has 3 fully saturated rings. The Morgan fingerprint density at radius 2 is 1.76 bits per heavy atom. The molecule has 29 heavy (non-hydrogen) atoms. The highest BCUT2D eigenvalue weighted by Gasteiger charge is 2.40. The average Bonchev–Trinajstić information content (AvgIpc) is 2.93. The first-order valence-corrected chi connectivity index (χ1v) is 11.3. The number of carbonyl (C=O) groups excluding carboxylic acids is 2. The summed E-state index contributed by atoms with van der Waals surface area (Å²) in [6.07, 6.45) is 6.68. The first-order valence-electron chi connectivity index (χ1n) is 11.3. The highest BCUT2D eigenvalue weighted by molar-refractivity contribution is 5.82. The fourth-order valence-electron chi connectivity index (χ4n) is 4.93. The summed E-state index contributed by atoms with van der Waals surface area (Å²) in [6, 6.07) is -0.0428. The predicted molar refractivity (Wildman–Crippen MR) is 111 cm³/mol. The van der Waals surface area contributed by atoms with Gasteiger partial charge in [-0.15, -0.1) is 0 Å². The number of nitrogens with zero attached hydrogens (tertiary/aromatic N) is 3. The molecule has 0 unspecified atom stereocenters. The number of methoxy groups -OCH3 is 1. The first kappa shape index (κ1) is 22.5. The van der Waals surface area contributed by atoms with Crippen LogP contribution in [0.5, 0.6) is 0 Å². The lowest BCUT2D eigenvalue weighted by atomic mass is 10.0. The van der Waals surface area contributed by atoms with Crippen LogP contribution in [0.2, 0.25) is 0 Å². The van der Waals surface area contributed by atoms with Crippen LogP contribution in [0.4, 0.5) is 0 Å². The van der Waals surface area contributed by atoms with E-state index in [4.69, 9.17) is 4.74 Å². The molecule has 3 rings (SSSR count). The van der Waals surface area contributed by atoms with Crippen LogP contribution in [0.1, 0.15) is 44.9 Å². The number of amides is 2. The van der Waals surface area contributed by atoms with Crippen molar-refractivity contribution in [3.8, 4) is 0 Å². The summed E-state index contributed by atoms with van der Waals surface area (Å²) >= 11 is 0. The van der Waals surface area contributed by atoms with Gasteiger partial charge < -0.3 is 20.1 Å². The molecule has 2 atom stereocenters. The van der Waals surface area contributed by atoms with Gasteiger partial charge in [0, 0.05) is 39.3 Å². The van der Waals surface area contributed by atoms with E-state index in [1.54, 1.807) is 7.11 Å². The number of nitrogens with one attached hydrogen (secondary N) is 1. The minimum atomic E-state index is -0.462. The van der Waals surface area contributed by atoms with E-state index < -0.39 is 6.10 Å². The predicted octanol–water partition coefficient (Wildman–Crippen LogP) is 0.0512. The first-order chi connectivity index (χ1) is 14.1. The Morgan fingerprint density at radius 1 is 1.07 bits per heavy atom. The van der Waals surface area contributed by atoms with Crippen LogP contribution >= 0.6 is 0 Å². The Balaban J connectivity index is 1.47. The van der Waals surface area contributed by atoms with Gasteiger partial charge in [-0.2, -0.15) is 0 Å². The van der Waals surface area contributed by atoms with Crippen molar-refractivity contribution in [2.75, 3.05) is 59.5 Å². The van der Waals surface area contributed by atoms with Crippen LogP contribution in [-0.4, -0.2) is 109 Å². The molecule has 3 heterocycles. The van der Waals surface area contributed by atoms with Crippen molar-refractivity contribution in [3.05, 3.63) is 0 Å². The standard InChI is InChI=1S/C21H38N4O4/c1-29-13-8-22-21(28)19-14-18(26)15-25(19)17-6-11-24(12-7-17)20(27)16-23-9-4-2-3-5-10-23/h17-19,26H,2-16H2,1H3,(H,22,28)/t18-,19+/m1/s1. The molecule has 3 aliphatic rings. The zero-order valence-electron chi connectivity index (χ0n) is 17.9. The van der Waals surface area contributed by atoms with E-state index in [1.165, 1.54) is 25.7 Å². The van der Waals surface area contributed by atoms with Gasteiger partial charge >= 0.3 is 0 Å². The quantitative estimate of drug-likeness (QED) is 0.577. The molecule has 2 N–H and O–H groups in total. The number of hydrogen-bond donors (Lipinski definition) is 2. The molecule has 0 aromatic rings. The Morgan fingerprint density at radius 3 is 2.41 bits per heavy atom. The number of rotatable bonds is 7. The average molecular weight is 411 g/mol. The van der Waals surface area contributed by atoms with Gasteiger partial charge in [-0.05, 0) is 45.2 Å². The van der Waals surface area contributed by atoms with Crippen LogP contribution < -0.4 is 5.32 Å². The van der Waals surface area contributed by atoms with Gasteiger partial charge in [0.1, 0.15) is 0 Å². The Kier molecular flexibility index (Phi) is 8.71. The molecule has 3 aliphatic heterocycles. The Hall–Kier alpha value is -1.22. The van der Waals surface area contributed by atoms with Gasteiger partial charge in [-0.3, -0.25) is 19.4 Å². The minimum Gasteiger partial charge on any atom is -0.392 e. The molecule has 8 nitrogen and oxygen atoms in total. The lowest BCUT2D eigenvalue weighted by Crippen LogP contribution is -2.53. The number of piperidine rings is 1. The number of ether oxygens (including phenoxy) is 1. The second-order valence-electron chi connectivity index (χ2n) is 8.69. The lowest BCUT2D eigenvalue weighted by molar-refractivity contribution is -0.135. The molecule has 0 aliphatic carbocycles. The molecule has 0 radical (unpaired) electrons. The van der Waals surface area contributed by atoms with Gasteiger partial charge in [-0.25, -0.2) is 0 Å². The van der Waals surface area contributed by atoms with E-state index in [9.17, 15) is 14.7 Å². The monoisotopic (exact) mass is 410 g/mol. The molecule has 0 saturated carbocycles. The molecule has 0 aromatic heterocycles. The molecule has 166 valence electrons. The number of aliphatic hydroxyl groups is 1. The summed E-state index contributed by atoms with van der Waals surface area (Å²) in [5, 5.41) is 13.1. The third kappa shape index (κ3) is 6.38. The summed E-state index contributed by atoms with van der Waals surface area (Å²) < 4.78 is 5.00. The normalized spacial score (nSPS) is 27.7. The largest absolute Gasteiger partial charge is 0.392 e. The van der Waals surface area contributed by atoms with Crippen molar-refractivity contribution < 1.29 is 19.4 Å². The smallest absolute Gasteiger partial charge is 0.237 e. The maximum absolute atomic E-state index is 12.7. The van der Waals surface area contributed by atoms with Gasteiger partial charge in [0.25, 0.3) is 0 Å². The second kappa shape index (κ2) is 11.2. The fraction of sp³-hybridized carbons (Fsp3) is 0.905. The van der Waals surface area contributed by atoms with E-state index in [0.29, 0.717) is 32.7 Å². The van der Waals surface area contributed by atoms with Crippen molar-refractivity contribution in [2.24, 2.45) is 0 Å². The van der Waals surface area contributed by atoms with Gasteiger partial charge in [0.05, 0.1) is 25.3 Å². The van der Waals surface area contributed by atoms with E-state index in [0.717, 1.165) is 39.0 Å². The van der Waals surface area contributed by atoms with Crippen molar-refractivity contribution in [1.82, 2.24) is 20.0 Å². The number of carbonyl (C=O) groups is 2. The molecule has 3 saturated heterocycles. The minimum absolute atomic E-state index is 0.0294. The van der Waals surface area contributed by atoms with Crippen LogP contribution in [0.25, 0.3) is 0 Å². The van der Waals surface area contributed by atoms with E-state index in [-0.39, 0.29) is 23.9 Å². The molecule has 0 aromatic carbocycles. The fourth-order valence-corrected chi connectivity index (χ4v) is 4.93. The maximum atomic E-state index is 12.7. The molecule has 2 amide bonds. The molecule has 0 spiro atoms. The van der Waals surface area contributed by atoms with E-state index in [1.807, 2.05) is 4.90 Å². The Labute approximate surface area is 174 Å². The number of β-amino-alcohol motifs (C(OH)–C–C–N with tert-alkyl or cyclic N) is 1. The summed E-state index contributed by atoms with van der Waals surface area (Å²) in [7, 11) is 1.61. The number of aliphatic hydroxyl groups excluding tert-OH is 1. The van der Waals surface area contributed by atoms with Crippen molar-refractivity contribution in [3.63, 3.8) is 0 Å². The third-order valence-electron chi connectivity index (χ3n) is 6.57. The zero-order chi connectivity index (χ0) is 20.6. The van der Waals surface area contributed by atoms with Gasteiger partial charge in [-0.1, -0.05) is 12.8 Å². The molecular weight excluding hydrogens is 372 g/mol. The van der Waals surface area contributed by atoms with E-state index >= 15 is 0 Å².